The molecular weight excluding hydrogens is 288 g/mol. The molecule has 5 heteroatoms. The Morgan fingerprint density at radius 3 is 2.70 bits per heavy atom. The molecule has 23 heavy (non-hydrogen) atoms. The highest BCUT2D eigenvalue weighted by Crippen LogP contribution is 2.54. The second-order valence-electron chi connectivity index (χ2n) is 6.44. The SMILES string of the molecule is Nc1nccnc1C(=O)N1CC2CCCCC21c1ccccc1. The average molecular weight is 308 g/mol. The van der Waals surface area contributed by atoms with Gasteiger partial charge < -0.3 is 10.6 Å². The summed E-state index contributed by atoms with van der Waals surface area (Å²) in [7, 11) is 0. The Hall–Kier alpha value is -2.43. The van der Waals surface area contributed by atoms with Gasteiger partial charge in [0, 0.05) is 24.9 Å². The first-order valence-electron chi connectivity index (χ1n) is 8.17. The molecule has 2 N–H and O–H groups in total. The molecule has 1 aromatic heterocycles. The molecule has 4 rings (SSSR count). The standard InChI is InChI=1S/C18H20N4O/c19-16-15(20-10-11-21-16)17(23)22-12-14-8-4-5-9-18(14,22)13-6-2-1-3-7-13/h1-3,6-7,10-11,14H,4-5,8-9,12H2,(H2,19,21). The third-order valence-electron chi connectivity index (χ3n) is 5.37. The van der Waals surface area contributed by atoms with Gasteiger partial charge >= 0.3 is 0 Å². The summed E-state index contributed by atoms with van der Waals surface area (Å²) in [6, 6.07) is 10.4. The minimum atomic E-state index is -0.194. The van der Waals surface area contributed by atoms with Crippen LogP contribution in [0.4, 0.5) is 5.82 Å². The molecule has 2 unspecified atom stereocenters. The maximum absolute atomic E-state index is 13.0. The van der Waals surface area contributed by atoms with Crippen LogP contribution in [-0.4, -0.2) is 27.3 Å². The number of nitrogens with zero attached hydrogens (tertiary/aromatic N) is 3. The van der Waals surface area contributed by atoms with Crippen LogP contribution in [0.3, 0.4) is 0 Å². The van der Waals surface area contributed by atoms with Crippen LogP contribution in [0.5, 0.6) is 0 Å². The fourth-order valence-electron chi connectivity index (χ4n) is 4.26. The molecule has 118 valence electrons. The number of hydrogen-bond donors (Lipinski definition) is 1. The fraction of sp³-hybridized carbons (Fsp3) is 0.389. The lowest BCUT2D eigenvalue weighted by Crippen LogP contribution is -2.67. The van der Waals surface area contributed by atoms with Crippen LogP contribution in [0.25, 0.3) is 0 Å². The fourth-order valence-corrected chi connectivity index (χ4v) is 4.26. The number of carbonyl (C=O) groups excluding carboxylic acids is 1. The third-order valence-corrected chi connectivity index (χ3v) is 5.37. The predicted molar refractivity (Wildman–Crippen MR) is 87.6 cm³/mol. The highest BCUT2D eigenvalue weighted by molar-refractivity contribution is 5.97. The summed E-state index contributed by atoms with van der Waals surface area (Å²) in [5, 5.41) is 0. The van der Waals surface area contributed by atoms with Crippen LogP contribution in [0.1, 0.15) is 41.7 Å². The Labute approximate surface area is 135 Å². The first-order chi connectivity index (χ1) is 11.2. The molecule has 2 fully saturated rings. The van der Waals surface area contributed by atoms with E-state index < -0.39 is 0 Å². The normalized spacial score (nSPS) is 26.3. The summed E-state index contributed by atoms with van der Waals surface area (Å²) in [5.41, 5.74) is 7.17. The van der Waals surface area contributed by atoms with Crippen molar-refractivity contribution in [2.24, 2.45) is 5.92 Å². The number of fused-ring (bicyclic) bond motifs is 1. The Morgan fingerprint density at radius 2 is 1.96 bits per heavy atom. The zero-order valence-electron chi connectivity index (χ0n) is 13.0. The number of nitrogens with two attached hydrogens (primary N) is 1. The van der Waals surface area contributed by atoms with E-state index in [9.17, 15) is 4.79 Å². The van der Waals surface area contributed by atoms with Crippen LogP contribution in [0.2, 0.25) is 0 Å². The van der Waals surface area contributed by atoms with Gasteiger partial charge in [0.2, 0.25) is 0 Å². The van der Waals surface area contributed by atoms with E-state index in [1.165, 1.54) is 30.8 Å². The lowest BCUT2D eigenvalue weighted by Gasteiger charge is -2.61. The summed E-state index contributed by atoms with van der Waals surface area (Å²) < 4.78 is 0. The Kier molecular flexibility index (Phi) is 3.29. The molecule has 0 spiro atoms. The van der Waals surface area contributed by atoms with Crippen molar-refractivity contribution < 1.29 is 4.79 Å². The number of hydrogen-bond acceptors (Lipinski definition) is 4. The highest BCUT2D eigenvalue weighted by atomic mass is 16.2. The number of likely N-dealkylation sites (tertiary alicyclic amines) is 1. The minimum absolute atomic E-state index is 0.0994. The molecule has 1 amide bonds. The van der Waals surface area contributed by atoms with Gasteiger partial charge in [0.05, 0.1) is 5.54 Å². The number of nitrogen functional groups attached to an aromatic ring is 1. The largest absolute Gasteiger partial charge is 0.382 e. The summed E-state index contributed by atoms with van der Waals surface area (Å²) >= 11 is 0. The first kappa shape index (κ1) is 14.2. The van der Waals surface area contributed by atoms with Gasteiger partial charge in [-0.05, 0) is 18.4 Å². The molecule has 2 aliphatic rings. The zero-order valence-corrected chi connectivity index (χ0v) is 13.0. The third kappa shape index (κ3) is 2.03. The van der Waals surface area contributed by atoms with Crippen molar-refractivity contribution in [2.45, 2.75) is 31.2 Å². The van der Waals surface area contributed by atoms with Gasteiger partial charge in [-0.15, -0.1) is 0 Å². The lowest BCUT2D eigenvalue weighted by atomic mass is 9.61. The summed E-state index contributed by atoms with van der Waals surface area (Å²) in [6.07, 6.45) is 7.61. The Balaban J connectivity index is 1.74. The number of carbonyl (C=O) groups is 1. The van der Waals surface area contributed by atoms with Crippen molar-refractivity contribution in [3.05, 3.63) is 54.0 Å². The smallest absolute Gasteiger partial charge is 0.277 e. The highest BCUT2D eigenvalue weighted by Gasteiger charge is 2.57. The van der Waals surface area contributed by atoms with Crippen LogP contribution in [-0.2, 0) is 5.54 Å². The maximum Gasteiger partial charge on any atom is 0.277 e. The van der Waals surface area contributed by atoms with Crippen molar-refractivity contribution in [3.8, 4) is 0 Å². The van der Waals surface area contributed by atoms with E-state index in [0.29, 0.717) is 5.92 Å². The van der Waals surface area contributed by atoms with Crippen molar-refractivity contribution in [3.63, 3.8) is 0 Å². The molecule has 1 aromatic carbocycles. The molecule has 0 radical (unpaired) electrons. The Bertz CT molecular complexity index is 733. The molecule has 1 saturated carbocycles. The summed E-state index contributed by atoms with van der Waals surface area (Å²) in [5.74, 6) is 0.637. The minimum Gasteiger partial charge on any atom is -0.382 e. The lowest BCUT2D eigenvalue weighted by molar-refractivity contribution is -0.0871. The number of aromatic nitrogens is 2. The van der Waals surface area contributed by atoms with Crippen LogP contribution in [0.15, 0.2) is 42.7 Å². The molecule has 1 aliphatic carbocycles. The zero-order chi connectivity index (χ0) is 15.9. The van der Waals surface area contributed by atoms with E-state index >= 15 is 0 Å². The van der Waals surface area contributed by atoms with E-state index in [1.54, 1.807) is 0 Å². The number of amides is 1. The molecule has 2 heterocycles. The molecule has 2 aromatic rings. The van der Waals surface area contributed by atoms with Crippen molar-refractivity contribution >= 4 is 11.7 Å². The molecule has 1 aliphatic heterocycles. The van der Waals surface area contributed by atoms with E-state index in [4.69, 9.17) is 5.73 Å². The number of anilines is 1. The van der Waals surface area contributed by atoms with Crippen molar-refractivity contribution in [2.75, 3.05) is 12.3 Å². The number of benzene rings is 1. The molecular formula is C18H20N4O. The molecule has 2 atom stereocenters. The predicted octanol–water partition coefficient (Wildman–Crippen LogP) is 2.60. The van der Waals surface area contributed by atoms with E-state index in [-0.39, 0.29) is 23.0 Å². The molecule has 1 saturated heterocycles. The van der Waals surface area contributed by atoms with Gasteiger partial charge in [-0.25, -0.2) is 9.97 Å². The van der Waals surface area contributed by atoms with Crippen molar-refractivity contribution in [1.29, 1.82) is 0 Å². The topological polar surface area (TPSA) is 72.1 Å². The van der Waals surface area contributed by atoms with Crippen LogP contribution < -0.4 is 5.73 Å². The molecule has 5 nitrogen and oxygen atoms in total. The second kappa shape index (κ2) is 5.33. The molecule has 0 bridgehead atoms. The number of rotatable bonds is 2. The van der Waals surface area contributed by atoms with E-state index in [1.807, 2.05) is 23.1 Å². The van der Waals surface area contributed by atoms with Gasteiger partial charge in [0.15, 0.2) is 11.5 Å². The van der Waals surface area contributed by atoms with E-state index in [0.717, 1.165) is 19.4 Å². The Morgan fingerprint density at radius 1 is 1.17 bits per heavy atom. The van der Waals surface area contributed by atoms with E-state index in [2.05, 4.69) is 22.1 Å². The second-order valence-corrected chi connectivity index (χ2v) is 6.44. The maximum atomic E-state index is 13.0. The van der Waals surface area contributed by atoms with Gasteiger partial charge in [-0.3, -0.25) is 4.79 Å². The summed E-state index contributed by atoms with van der Waals surface area (Å²) in [4.78, 5) is 23.2. The van der Waals surface area contributed by atoms with Gasteiger partial charge in [-0.1, -0.05) is 43.2 Å². The quantitative estimate of drug-likeness (QED) is 0.925. The van der Waals surface area contributed by atoms with Crippen LogP contribution >= 0.6 is 0 Å². The van der Waals surface area contributed by atoms with Gasteiger partial charge in [0.1, 0.15) is 0 Å². The monoisotopic (exact) mass is 308 g/mol. The average Bonchev–Trinajstić information content (AvgIpc) is 2.57. The van der Waals surface area contributed by atoms with Gasteiger partial charge in [0.25, 0.3) is 5.91 Å². The van der Waals surface area contributed by atoms with Gasteiger partial charge in [-0.2, -0.15) is 0 Å². The van der Waals surface area contributed by atoms with Crippen molar-refractivity contribution in [1.82, 2.24) is 14.9 Å². The van der Waals surface area contributed by atoms with Crippen LogP contribution in [0, 0.1) is 5.92 Å². The summed E-state index contributed by atoms with van der Waals surface area (Å²) in [6.45, 7) is 0.781. The first-order valence-corrected chi connectivity index (χ1v) is 8.17.